The zero-order chi connectivity index (χ0) is 17.9. The normalized spacial score (nSPS) is 15.4. The average molecular weight is 340 g/mol. The molecule has 3 aromatic carbocycles. The van der Waals surface area contributed by atoms with Gasteiger partial charge >= 0.3 is 0 Å². The summed E-state index contributed by atoms with van der Waals surface area (Å²) in [4.78, 5) is 24.8. The fraction of sp³-hybridized carbons (Fsp3) is 0. The van der Waals surface area contributed by atoms with Gasteiger partial charge in [0.1, 0.15) is 5.57 Å². The molecule has 0 aromatic heterocycles. The molecule has 0 unspecified atom stereocenters. The largest absolute Gasteiger partial charge is 0.282 e. The second kappa shape index (κ2) is 6.69. The van der Waals surface area contributed by atoms with Crippen molar-refractivity contribution in [3.8, 4) is 11.1 Å². The van der Waals surface area contributed by atoms with Crippen molar-refractivity contribution in [2.45, 2.75) is 0 Å². The Hall–Kier alpha value is -3.66. The molecule has 1 aliphatic rings. The van der Waals surface area contributed by atoms with Crippen molar-refractivity contribution in [1.82, 2.24) is 5.43 Å². The van der Waals surface area contributed by atoms with E-state index >= 15 is 0 Å². The van der Waals surface area contributed by atoms with E-state index < -0.39 is 5.91 Å². The van der Waals surface area contributed by atoms with Gasteiger partial charge in [-0.25, -0.2) is 5.01 Å². The molecular formula is C22H16N2O2. The van der Waals surface area contributed by atoms with Crippen LogP contribution >= 0.6 is 0 Å². The summed E-state index contributed by atoms with van der Waals surface area (Å²) in [5.41, 5.74) is 6.37. The second-order valence-corrected chi connectivity index (χ2v) is 5.96. The third kappa shape index (κ3) is 3.00. The molecule has 26 heavy (non-hydrogen) atoms. The van der Waals surface area contributed by atoms with E-state index in [1.165, 1.54) is 5.01 Å². The van der Waals surface area contributed by atoms with E-state index in [9.17, 15) is 9.59 Å². The van der Waals surface area contributed by atoms with Crippen LogP contribution in [0.3, 0.4) is 0 Å². The Bertz CT molecular complexity index is 978. The van der Waals surface area contributed by atoms with E-state index in [0.29, 0.717) is 5.69 Å². The number of hydrazine groups is 1. The predicted molar refractivity (Wildman–Crippen MR) is 102 cm³/mol. The Morgan fingerprint density at radius 2 is 1.27 bits per heavy atom. The van der Waals surface area contributed by atoms with Gasteiger partial charge in [0, 0.05) is 0 Å². The standard InChI is InChI=1S/C22H16N2O2/c25-21-20(22(26)24(23-21)19-9-5-2-6-10-19)15-16-11-13-18(14-12-16)17-7-3-1-4-8-17/h1-15H,(H,23,25)/b20-15+. The summed E-state index contributed by atoms with van der Waals surface area (Å²) in [6.45, 7) is 0. The van der Waals surface area contributed by atoms with Crippen LogP contribution in [0.5, 0.6) is 0 Å². The molecule has 2 amide bonds. The minimum absolute atomic E-state index is 0.126. The maximum Gasteiger partial charge on any atom is 0.282 e. The first-order valence-electron chi connectivity index (χ1n) is 8.30. The predicted octanol–water partition coefficient (Wildman–Crippen LogP) is 3.82. The average Bonchev–Trinajstić information content (AvgIpc) is 2.98. The lowest BCUT2D eigenvalue weighted by Gasteiger charge is -2.13. The highest BCUT2D eigenvalue weighted by molar-refractivity contribution is 6.31. The summed E-state index contributed by atoms with van der Waals surface area (Å²) in [5, 5.41) is 1.27. The second-order valence-electron chi connectivity index (χ2n) is 5.96. The Balaban J connectivity index is 1.60. The van der Waals surface area contributed by atoms with Crippen LogP contribution in [-0.2, 0) is 9.59 Å². The van der Waals surface area contributed by atoms with Gasteiger partial charge in [0.05, 0.1) is 5.69 Å². The zero-order valence-corrected chi connectivity index (χ0v) is 13.9. The van der Waals surface area contributed by atoms with Crippen LogP contribution in [0.2, 0.25) is 0 Å². The molecule has 0 radical (unpaired) electrons. The number of hydrogen-bond donors (Lipinski definition) is 1. The lowest BCUT2D eigenvalue weighted by Crippen LogP contribution is -2.35. The topological polar surface area (TPSA) is 49.4 Å². The Morgan fingerprint density at radius 1 is 0.692 bits per heavy atom. The fourth-order valence-electron chi connectivity index (χ4n) is 2.89. The third-order valence-corrected chi connectivity index (χ3v) is 4.23. The maximum atomic E-state index is 12.6. The number of para-hydroxylation sites is 1. The molecule has 4 nitrogen and oxygen atoms in total. The van der Waals surface area contributed by atoms with Crippen LogP contribution in [0.1, 0.15) is 5.56 Å². The summed E-state index contributed by atoms with van der Waals surface area (Å²) in [6, 6.07) is 26.9. The number of benzene rings is 3. The van der Waals surface area contributed by atoms with Crippen molar-refractivity contribution < 1.29 is 9.59 Å². The summed E-state index contributed by atoms with van der Waals surface area (Å²) in [5.74, 6) is -0.751. The first-order valence-corrected chi connectivity index (χ1v) is 8.30. The highest BCUT2D eigenvalue weighted by atomic mass is 16.2. The van der Waals surface area contributed by atoms with E-state index in [-0.39, 0.29) is 11.5 Å². The molecular weight excluding hydrogens is 324 g/mol. The molecule has 126 valence electrons. The van der Waals surface area contributed by atoms with Crippen molar-refractivity contribution in [2.24, 2.45) is 0 Å². The molecule has 1 saturated heterocycles. The minimum atomic E-state index is -0.397. The van der Waals surface area contributed by atoms with Gasteiger partial charge in [-0.3, -0.25) is 15.0 Å². The smallest absolute Gasteiger partial charge is 0.267 e. The van der Waals surface area contributed by atoms with Crippen molar-refractivity contribution in [2.75, 3.05) is 5.01 Å². The number of nitrogens with one attached hydrogen (secondary N) is 1. The van der Waals surface area contributed by atoms with Crippen LogP contribution in [0.25, 0.3) is 17.2 Å². The minimum Gasteiger partial charge on any atom is -0.267 e. The van der Waals surface area contributed by atoms with E-state index in [1.807, 2.05) is 72.8 Å². The number of hydrogen-bond acceptors (Lipinski definition) is 2. The molecule has 1 heterocycles. The molecule has 0 bridgehead atoms. The van der Waals surface area contributed by atoms with E-state index in [2.05, 4.69) is 5.43 Å². The summed E-state index contributed by atoms with van der Waals surface area (Å²) < 4.78 is 0. The van der Waals surface area contributed by atoms with Crippen molar-refractivity contribution in [3.63, 3.8) is 0 Å². The molecule has 1 fully saturated rings. The monoisotopic (exact) mass is 340 g/mol. The van der Waals surface area contributed by atoms with Crippen LogP contribution in [-0.4, -0.2) is 11.8 Å². The molecule has 1 aliphatic heterocycles. The van der Waals surface area contributed by atoms with Gasteiger partial charge in [-0.2, -0.15) is 0 Å². The molecule has 0 atom stereocenters. The van der Waals surface area contributed by atoms with Crippen LogP contribution < -0.4 is 10.4 Å². The number of carbonyl (C=O) groups is 2. The van der Waals surface area contributed by atoms with Crippen molar-refractivity contribution in [1.29, 1.82) is 0 Å². The molecule has 4 heteroatoms. The van der Waals surface area contributed by atoms with Crippen LogP contribution in [0, 0.1) is 0 Å². The van der Waals surface area contributed by atoms with Gasteiger partial charge < -0.3 is 0 Å². The van der Waals surface area contributed by atoms with Crippen molar-refractivity contribution >= 4 is 23.6 Å². The highest BCUT2D eigenvalue weighted by Gasteiger charge is 2.34. The van der Waals surface area contributed by atoms with E-state index in [4.69, 9.17) is 0 Å². The van der Waals surface area contributed by atoms with E-state index in [1.54, 1.807) is 18.2 Å². The Kier molecular flexibility index (Phi) is 4.07. The lowest BCUT2D eigenvalue weighted by molar-refractivity contribution is -0.117. The first-order chi connectivity index (χ1) is 12.7. The number of carbonyl (C=O) groups excluding carboxylic acids is 2. The van der Waals surface area contributed by atoms with Gasteiger partial charge in [0.2, 0.25) is 0 Å². The van der Waals surface area contributed by atoms with Crippen molar-refractivity contribution in [3.05, 3.63) is 96.1 Å². The molecule has 0 saturated carbocycles. The maximum absolute atomic E-state index is 12.6. The van der Waals surface area contributed by atoms with Crippen LogP contribution in [0.4, 0.5) is 5.69 Å². The summed E-state index contributed by atoms with van der Waals surface area (Å²) >= 11 is 0. The SMILES string of the molecule is O=C1NN(c2ccccc2)C(=O)/C1=C/c1ccc(-c2ccccc2)cc1. The fourth-order valence-corrected chi connectivity index (χ4v) is 2.89. The molecule has 0 aliphatic carbocycles. The van der Waals surface area contributed by atoms with Gasteiger partial charge in [0.25, 0.3) is 11.8 Å². The van der Waals surface area contributed by atoms with Crippen LogP contribution in [0.15, 0.2) is 90.5 Å². The molecule has 1 N–H and O–H groups in total. The third-order valence-electron chi connectivity index (χ3n) is 4.23. The summed E-state index contributed by atoms with van der Waals surface area (Å²) in [6.07, 6.45) is 1.62. The zero-order valence-electron chi connectivity index (χ0n) is 13.9. The highest BCUT2D eigenvalue weighted by Crippen LogP contribution is 2.23. The number of nitrogens with zero attached hydrogens (tertiary/aromatic N) is 1. The van der Waals surface area contributed by atoms with Gasteiger partial charge in [0.15, 0.2) is 0 Å². The lowest BCUT2D eigenvalue weighted by atomic mass is 10.0. The molecule has 3 aromatic rings. The number of amides is 2. The quantitative estimate of drug-likeness (QED) is 0.582. The molecule has 0 spiro atoms. The number of rotatable bonds is 3. The number of anilines is 1. The summed E-state index contributed by atoms with van der Waals surface area (Å²) in [7, 11) is 0. The first kappa shape index (κ1) is 15.8. The Labute approximate surface area is 151 Å². The van der Waals surface area contributed by atoms with Gasteiger partial charge in [-0.15, -0.1) is 0 Å². The van der Waals surface area contributed by atoms with E-state index in [0.717, 1.165) is 16.7 Å². The van der Waals surface area contributed by atoms with Gasteiger partial charge in [-0.1, -0.05) is 72.8 Å². The Morgan fingerprint density at radius 3 is 1.92 bits per heavy atom. The molecule has 4 rings (SSSR count). The van der Waals surface area contributed by atoms with Gasteiger partial charge in [-0.05, 0) is 34.9 Å².